The molecule has 0 unspecified atom stereocenters. The molecule has 0 atom stereocenters. The van der Waals surface area contributed by atoms with Gasteiger partial charge < -0.3 is 9.64 Å². The van der Waals surface area contributed by atoms with Crippen molar-refractivity contribution in [2.24, 2.45) is 5.92 Å². The van der Waals surface area contributed by atoms with Crippen LogP contribution in [0, 0.1) is 12.8 Å². The van der Waals surface area contributed by atoms with E-state index in [-0.39, 0.29) is 17.9 Å². The van der Waals surface area contributed by atoms with Gasteiger partial charge in [-0.05, 0) is 25.8 Å². The van der Waals surface area contributed by atoms with E-state index < -0.39 is 0 Å². The van der Waals surface area contributed by atoms with Crippen LogP contribution in [0.3, 0.4) is 0 Å². The van der Waals surface area contributed by atoms with Crippen LogP contribution in [0.5, 0.6) is 5.88 Å². The fourth-order valence-corrected chi connectivity index (χ4v) is 2.34. The zero-order valence-corrected chi connectivity index (χ0v) is 11.9. The molecular formula is C15H22N2O2. The first kappa shape index (κ1) is 13.8. The van der Waals surface area contributed by atoms with E-state index in [0.717, 1.165) is 18.5 Å². The van der Waals surface area contributed by atoms with E-state index in [1.165, 1.54) is 0 Å². The van der Waals surface area contributed by atoms with Gasteiger partial charge in [0.1, 0.15) is 6.10 Å². The number of likely N-dealkylation sites (tertiary alicyclic amines) is 1. The number of ether oxygens (including phenoxy) is 1. The molecule has 1 amide bonds. The molecule has 1 aliphatic heterocycles. The third kappa shape index (κ3) is 3.25. The van der Waals surface area contributed by atoms with Crippen molar-refractivity contribution in [3.05, 3.63) is 23.9 Å². The van der Waals surface area contributed by atoms with Gasteiger partial charge in [-0.2, -0.15) is 0 Å². The first-order chi connectivity index (χ1) is 9.13. The molecule has 104 valence electrons. The number of hydrogen-bond acceptors (Lipinski definition) is 3. The normalized spacial score (nSPS) is 15.5. The average molecular weight is 262 g/mol. The van der Waals surface area contributed by atoms with Gasteiger partial charge in [-0.1, -0.05) is 19.9 Å². The molecule has 0 aliphatic carbocycles. The Balaban J connectivity index is 1.82. The molecule has 4 nitrogen and oxygen atoms in total. The lowest BCUT2D eigenvalue weighted by molar-refractivity contribution is -0.144. The van der Waals surface area contributed by atoms with Crippen LogP contribution in [-0.4, -0.2) is 35.0 Å². The standard InChI is InChI=1S/C15H22N2O2/c1-4-12(5-2)15(18)17-9-13(10-17)19-14-8-6-7-11(3)16-14/h6-8,12-13H,4-5,9-10H2,1-3H3. The molecule has 19 heavy (non-hydrogen) atoms. The third-order valence-electron chi connectivity index (χ3n) is 3.64. The zero-order chi connectivity index (χ0) is 13.8. The van der Waals surface area contributed by atoms with Crippen LogP contribution in [0.4, 0.5) is 0 Å². The molecule has 4 heteroatoms. The van der Waals surface area contributed by atoms with Crippen molar-refractivity contribution >= 4 is 5.91 Å². The van der Waals surface area contributed by atoms with Gasteiger partial charge in [0, 0.05) is 17.7 Å². The highest BCUT2D eigenvalue weighted by atomic mass is 16.5. The van der Waals surface area contributed by atoms with E-state index >= 15 is 0 Å². The number of aryl methyl sites for hydroxylation is 1. The molecule has 1 fully saturated rings. The molecule has 2 heterocycles. The van der Waals surface area contributed by atoms with E-state index in [1.807, 2.05) is 30.0 Å². The predicted octanol–water partition coefficient (Wildman–Crippen LogP) is 2.42. The minimum Gasteiger partial charge on any atom is -0.471 e. The zero-order valence-electron chi connectivity index (χ0n) is 11.9. The molecule has 1 aromatic heterocycles. The summed E-state index contributed by atoms with van der Waals surface area (Å²) in [5.74, 6) is 1.08. The lowest BCUT2D eigenvalue weighted by Gasteiger charge is -2.40. The Kier molecular flexibility index (Phi) is 4.40. The van der Waals surface area contributed by atoms with Crippen molar-refractivity contribution in [1.82, 2.24) is 9.88 Å². The summed E-state index contributed by atoms with van der Waals surface area (Å²) in [6.45, 7) is 7.44. The molecule has 0 aromatic carbocycles. The maximum Gasteiger partial charge on any atom is 0.225 e. The summed E-state index contributed by atoms with van der Waals surface area (Å²) in [5.41, 5.74) is 0.946. The summed E-state index contributed by atoms with van der Waals surface area (Å²) in [7, 11) is 0. The smallest absolute Gasteiger partial charge is 0.225 e. The largest absolute Gasteiger partial charge is 0.471 e. The Morgan fingerprint density at radius 3 is 2.68 bits per heavy atom. The van der Waals surface area contributed by atoms with Gasteiger partial charge in [0.2, 0.25) is 11.8 Å². The summed E-state index contributed by atoms with van der Waals surface area (Å²) in [6.07, 6.45) is 1.92. The topological polar surface area (TPSA) is 42.4 Å². The van der Waals surface area contributed by atoms with Gasteiger partial charge in [0.25, 0.3) is 0 Å². The summed E-state index contributed by atoms with van der Waals surface area (Å²) >= 11 is 0. The molecule has 2 rings (SSSR count). The minimum absolute atomic E-state index is 0.0904. The van der Waals surface area contributed by atoms with Crippen molar-refractivity contribution in [2.45, 2.75) is 39.7 Å². The lowest BCUT2D eigenvalue weighted by atomic mass is 9.99. The number of carbonyl (C=O) groups is 1. The monoisotopic (exact) mass is 262 g/mol. The van der Waals surface area contributed by atoms with Crippen LogP contribution in [0.25, 0.3) is 0 Å². The number of hydrogen-bond donors (Lipinski definition) is 0. The van der Waals surface area contributed by atoms with Gasteiger partial charge in [0.15, 0.2) is 0 Å². The van der Waals surface area contributed by atoms with E-state index in [9.17, 15) is 4.79 Å². The minimum atomic E-state index is 0.0904. The van der Waals surface area contributed by atoms with E-state index in [1.54, 1.807) is 0 Å². The average Bonchev–Trinajstić information content (AvgIpc) is 2.34. The van der Waals surface area contributed by atoms with Crippen LogP contribution in [0.1, 0.15) is 32.4 Å². The molecular weight excluding hydrogens is 240 g/mol. The fourth-order valence-electron chi connectivity index (χ4n) is 2.34. The maximum atomic E-state index is 12.1. The second kappa shape index (κ2) is 6.04. The van der Waals surface area contributed by atoms with Gasteiger partial charge >= 0.3 is 0 Å². The Hall–Kier alpha value is -1.58. The second-order valence-corrected chi connectivity index (χ2v) is 5.11. The summed E-state index contributed by atoms with van der Waals surface area (Å²) in [6, 6.07) is 5.73. The highest BCUT2D eigenvalue weighted by Crippen LogP contribution is 2.20. The fraction of sp³-hybridized carbons (Fsp3) is 0.600. The van der Waals surface area contributed by atoms with E-state index in [0.29, 0.717) is 19.0 Å². The molecule has 1 aromatic rings. The molecule has 0 saturated carbocycles. The summed E-state index contributed by atoms with van der Waals surface area (Å²) in [4.78, 5) is 18.3. The van der Waals surface area contributed by atoms with Crippen molar-refractivity contribution < 1.29 is 9.53 Å². The molecule has 1 aliphatic rings. The van der Waals surface area contributed by atoms with E-state index in [2.05, 4.69) is 18.8 Å². The lowest BCUT2D eigenvalue weighted by Crippen LogP contribution is -2.57. The molecule has 0 N–H and O–H groups in total. The Labute approximate surface area is 114 Å². The molecule has 0 spiro atoms. The van der Waals surface area contributed by atoms with Crippen molar-refractivity contribution in [2.75, 3.05) is 13.1 Å². The number of carbonyl (C=O) groups excluding carboxylic acids is 1. The Morgan fingerprint density at radius 1 is 1.42 bits per heavy atom. The number of rotatable bonds is 5. The van der Waals surface area contributed by atoms with Crippen molar-refractivity contribution in [1.29, 1.82) is 0 Å². The van der Waals surface area contributed by atoms with Gasteiger partial charge in [-0.15, -0.1) is 0 Å². The Morgan fingerprint density at radius 2 is 2.11 bits per heavy atom. The van der Waals surface area contributed by atoms with Crippen molar-refractivity contribution in [3.63, 3.8) is 0 Å². The summed E-state index contributed by atoms with van der Waals surface area (Å²) in [5, 5.41) is 0. The Bertz CT molecular complexity index is 438. The number of amides is 1. The number of pyridine rings is 1. The number of aromatic nitrogens is 1. The van der Waals surface area contributed by atoms with Crippen LogP contribution < -0.4 is 4.74 Å². The maximum absolute atomic E-state index is 12.1. The SMILES string of the molecule is CCC(CC)C(=O)N1CC(Oc2cccc(C)n2)C1. The van der Waals surface area contributed by atoms with Gasteiger partial charge in [-0.3, -0.25) is 4.79 Å². The summed E-state index contributed by atoms with van der Waals surface area (Å²) < 4.78 is 5.75. The second-order valence-electron chi connectivity index (χ2n) is 5.11. The number of nitrogens with zero attached hydrogens (tertiary/aromatic N) is 2. The van der Waals surface area contributed by atoms with Crippen LogP contribution >= 0.6 is 0 Å². The van der Waals surface area contributed by atoms with Crippen LogP contribution in [0.2, 0.25) is 0 Å². The third-order valence-corrected chi connectivity index (χ3v) is 3.64. The molecule has 0 radical (unpaired) electrons. The van der Waals surface area contributed by atoms with Gasteiger partial charge in [-0.25, -0.2) is 4.98 Å². The highest BCUT2D eigenvalue weighted by Gasteiger charge is 2.34. The first-order valence-electron chi connectivity index (χ1n) is 7.03. The quantitative estimate of drug-likeness (QED) is 0.818. The van der Waals surface area contributed by atoms with Gasteiger partial charge in [0.05, 0.1) is 13.1 Å². The van der Waals surface area contributed by atoms with Crippen LogP contribution in [0.15, 0.2) is 18.2 Å². The van der Waals surface area contributed by atoms with E-state index in [4.69, 9.17) is 4.74 Å². The first-order valence-corrected chi connectivity index (χ1v) is 7.03. The molecule has 0 bridgehead atoms. The van der Waals surface area contributed by atoms with Crippen molar-refractivity contribution in [3.8, 4) is 5.88 Å². The molecule has 1 saturated heterocycles. The van der Waals surface area contributed by atoms with Crippen LogP contribution in [-0.2, 0) is 4.79 Å². The predicted molar refractivity (Wildman–Crippen MR) is 74.0 cm³/mol. The highest BCUT2D eigenvalue weighted by molar-refractivity contribution is 5.79.